The van der Waals surface area contributed by atoms with Crippen molar-refractivity contribution < 1.29 is 28.6 Å². The molecule has 0 saturated carbocycles. The van der Waals surface area contributed by atoms with E-state index in [1.54, 1.807) is 0 Å². The Morgan fingerprint density at radius 1 is 1.19 bits per heavy atom. The Balaban J connectivity index is 1.41. The smallest absolute Gasteiger partial charge is 0.408 e. The van der Waals surface area contributed by atoms with Crippen molar-refractivity contribution in [3.63, 3.8) is 0 Å². The number of hydrogen-bond donors (Lipinski definition) is 2. The van der Waals surface area contributed by atoms with Crippen molar-refractivity contribution in [3.8, 4) is 0 Å². The third-order valence-electron chi connectivity index (χ3n) is 7.73. The van der Waals surface area contributed by atoms with E-state index in [1.165, 1.54) is 10.5 Å². The van der Waals surface area contributed by atoms with Gasteiger partial charge in [0.15, 0.2) is 0 Å². The fourth-order valence-corrected chi connectivity index (χ4v) is 6.11. The number of benzene rings is 1. The molecule has 1 aromatic carbocycles. The fourth-order valence-electron chi connectivity index (χ4n) is 5.35. The first kappa shape index (κ1) is 35.0. The topological polar surface area (TPSA) is 106 Å². The van der Waals surface area contributed by atoms with Crippen LogP contribution in [0.3, 0.4) is 0 Å². The summed E-state index contributed by atoms with van der Waals surface area (Å²) < 4.78 is 17.7. The van der Waals surface area contributed by atoms with Gasteiger partial charge >= 0.3 is 6.09 Å². The van der Waals surface area contributed by atoms with Gasteiger partial charge in [-0.15, -0.1) is 0 Å². The second-order valence-electron chi connectivity index (χ2n) is 14.1. The molecule has 1 saturated heterocycles. The third kappa shape index (κ3) is 11.5. The number of ether oxygens (including phenoxy) is 3. The molecule has 2 aliphatic rings. The van der Waals surface area contributed by atoms with E-state index in [4.69, 9.17) is 14.2 Å². The van der Waals surface area contributed by atoms with Crippen LogP contribution in [-0.4, -0.2) is 74.6 Å². The van der Waals surface area contributed by atoms with E-state index in [-0.39, 0.29) is 36.8 Å². The summed E-state index contributed by atoms with van der Waals surface area (Å²) in [7, 11) is -1.24. The molecule has 0 bridgehead atoms. The van der Waals surface area contributed by atoms with Gasteiger partial charge in [0.05, 0.1) is 24.3 Å². The van der Waals surface area contributed by atoms with Crippen LogP contribution in [0.4, 0.5) is 4.79 Å². The fraction of sp³-hybridized carbons (Fsp3) is 0.667. The molecule has 1 aliphatic heterocycles. The van der Waals surface area contributed by atoms with Crippen LogP contribution < -0.4 is 10.6 Å². The molecule has 0 radical (unpaired) electrons. The van der Waals surface area contributed by atoms with E-state index in [0.717, 1.165) is 42.9 Å². The molecule has 1 heterocycles. The number of hydrogen-bond acceptors (Lipinski definition) is 7. The minimum atomic E-state index is -1.24. The Kier molecular flexibility index (Phi) is 12.6. The van der Waals surface area contributed by atoms with Crippen molar-refractivity contribution in [1.29, 1.82) is 0 Å². The van der Waals surface area contributed by atoms with Crippen LogP contribution in [0.2, 0.25) is 25.7 Å². The molecular weight excluding hydrogens is 562 g/mol. The number of nitrogens with one attached hydrogen (secondary N) is 2. The number of carbonyl (C=O) groups is 3. The lowest BCUT2D eigenvalue weighted by atomic mass is 10.0. The number of likely N-dealkylation sites (tertiary alicyclic amines) is 1. The zero-order valence-corrected chi connectivity index (χ0v) is 28.3. The lowest BCUT2D eigenvalue weighted by Crippen LogP contribution is -2.54. The van der Waals surface area contributed by atoms with E-state index >= 15 is 0 Å². The summed E-state index contributed by atoms with van der Waals surface area (Å²) in [6.07, 6.45) is 3.45. The van der Waals surface area contributed by atoms with Gasteiger partial charge in [-0.2, -0.15) is 0 Å². The van der Waals surface area contributed by atoms with E-state index in [1.807, 2.05) is 39.0 Å². The summed E-state index contributed by atoms with van der Waals surface area (Å²) in [6, 6.07) is 8.43. The number of alkyl carbamates (subject to hydrolysis) is 1. The molecule has 0 aromatic heterocycles. The number of rotatable bonds is 15. The third-order valence-corrected chi connectivity index (χ3v) is 9.43. The summed E-state index contributed by atoms with van der Waals surface area (Å²) in [5, 5.41) is 6.34. The number of amides is 3. The zero-order valence-electron chi connectivity index (χ0n) is 27.3. The molecule has 0 spiro atoms. The monoisotopic (exact) mass is 615 g/mol. The number of piperidine rings is 1. The lowest BCUT2D eigenvalue weighted by molar-refractivity contribution is -0.156. The minimum Gasteiger partial charge on any atom is -0.444 e. The van der Waals surface area contributed by atoms with Crippen molar-refractivity contribution in [2.24, 2.45) is 0 Å². The Hall–Kier alpha value is -2.53. The molecule has 9 nitrogen and oxygen atoms in total. The van der Waals surface area contributed by atoms with Crippen LogP contribution in [0.15, 0.2) is 36.4 Å². The van der Waals surface area contributed by atoms with Crippen LogP contribution >= 0.6 is 0 Å². The molecule has 1 fully saturated rings. The van der Waals surface area contributed by atoms with Crippen LogP contribution in [0.25, 0.3) is 0 Å². The van der Waals surface area contributed by atoms with E-state index in [2.05, 4.69) is 49.8 Å². The summed E-state index contributed by atoms with van der Waals surface area (Å²) in [4.78, 5) is 39.1. The standard InChI is InChI=1S/C33H53N3O6Si/c1-23(21-34-27-16-17-29(37)36(31(27)38)22-40-18-19-43(6,7)8)12-11-13-24(2)41-28-20-25-14-9-10-15-26(25)30(28)35-32(39)42-33(3,4)5/h9-10,14-15,24,27-28,30,34H,1,11-13,16-22H2,2-8H3,(H,35,39)/t24?,27?,28?,30-/m0/s1. The molecule has 3 unspecified atom stereocenters. The zero-order chi connectivity index (χ0) is 31.8. The van der Waals surface area contributed by atoms with Crippen LogP contribution in [0.1, 0.15) is 77.0 Å². The Labute approximate surface area is 259 Å². The maximum absolute atomic E-state index is 12.9. The number of imide groups is 1. The second kappa shape index (κ2) is 15.5. The quantitative estimate of drug-likeness (QED) is 0.112. The van der Waals surface area contributed by atoms with Gasteiger partial charge in [-0.1, -0.05) is 56.1 Å². The number of nitrogens with zero attached hydrogens (tertiary/aromatic N) is 1. The molecule has 240 valence electrons. The van der Waals surface area contributed by atoms with Crippen molar-refractivity contribution in [3.05, 3.63) is 47.5 Å². The first-order valence-corrected chi connectivity index (χ1v) is 19.4. The minimum absolute atomic E-state index is 0.0107. The van der Waals surface area contributed by atoms with Crippen LogP contribution in [0.5, 0.6) is 0 Å². The SMILES string of the molecule is C=C(CCCC(C)OC1Cc2ccccc2[C@@H]1NC(=O)OC(C)(C)C)CNC1CCC(=O)N(COCC[Si](C)(C)C)C1=O. The van der Waals surface area contributed by atoms with Crippen molar-refractivity contribution in [2.75, 3.05) is 19.9 Å². The molecule has 43 heavy (non-hydrogen) atoms. The van der Waals surface area contributed by atoms with Crippen molar-refractivity contribution in [1.82, 2.24) is 15.5 Å². The van der Waals surface area contributed by atoms with Gasteiger partial charge in [-0.05, 0) is 70.5 Å². The molecular formula is C33H53N3O6Si. The lowest BCUT2D eigenvalue weighted by Gasteiger charge is -2.31. The van der Waals surface area contributed by atoms with Crippen molar-refractivity contribution >= 4 is 26.0 Å². The van der Waals surface area contributed by atoms with Gasteiger partial charge < -0.3 is 24.8 Å². The highest BCUT2D eigenvalue weighted by Gasteiger charge is 2.36. The molecule has 3 amide bonds. The Morgan fingerprint density at radius 2 is 1.91 bits per heavy atom. The predicted octanol–water partition coefficient (Wildman–Crippen LogP) is 5.73. The average molecular weight is 616 g/mol. The highest BCUT2D eigenvalue weighted by Crippen LogP contribution is 2.34. The van der Waals surface area contributed by atoms with Crippen LogP contribution in [0, 0.1) is 0 Å². The number of fused-ring (bicyclic) bond motifs is 1. The maximum atomic E-state index is 12.9. The highest BCUT2D eigenvalue weighted by molar-refractivity contribution is 6.76. The van der Waals surface area contributed by atoms with E-state index in [9.17, 15) is 14.4 Å². The summed E-state index contributed by atoms with van der Waals surface area (Å²) in [5.74, 6) is -0.385. The predicted molar refractivity (Wildman–Crippen MR) is 171 cm³/mol. The molecule has 3 rings (SSSR count). The average Bonchev–Trinajstić information content (AvgIpc) is 3.22. The molecule has 1 aromatic rings. The normalized spacial score (nSPS) is 21.5. The van der Waals surface area contributed by atoms with Gasteiger partial charge in [0.25, 0.3) is 0 Å². The van der Waals surface area contributed by atoms with Gasteiger partial charge in [0.1, 0.15) is 12.3 Å². The van der Waals surface area contributed by atoms with E-state index < -0.39 is 25.8 Å². The first-order chi connectivity index (χ1) is 20.1. The van der Waals surface area contributed by atoms with Gasteiger partial charge in [-0.3, -0.25) is 14.5 Å². The molecule has 1 aliphatic carbocycles. The van der Waals surface area contributed by atoms with Gasteiger partial charge in [0, 0.05) is 34.1 Å². The van der Waals surface area contributed by atoms with Gasteiger partial charge in [0.2, 0.25) is 11.8 Å². The van der Waals surface area contributed by atoms with Crippen LogP contribution in [-0.2, 0) is 30.2 Å². The molecule has 10 heteroatoms. The summed E-state index contributed by atoms with van der Waals surface area (Å²) in [5.41, 5.74) is 2.68. The molecule has 4 atom stereocenters. The van der Waals surface area contributed by atoms with E-state index in [0.29, 0.717) is 26.0 Å². The summed E-state index contributed by atoms with van der Waals surface area (Å²) in [6.45, 7) is 19.7. The maximum Gasteiger partial charge on any atom is 0.408 e. The second-order valence-corrected chi connectivity index (χ2v) is 19.8. The van der Waals surface area contributed by atoms with Gasteiger partial charge in [-0.25, -0.2) is 4.79 Å². The number of carbonyl (C=O) groups excluding carboxylic acids is 3. The summed E-state index contributed by atoms with van der Waals surface area (Å²) >= 11 is 0. The Morgan fingerprint density at radius 3 is 2.60 bits per heavy atom. The first-order valence-electron chi connectivity index (χ1n) is 15.7. The highest BCUT2D eigenvalue weighted by atomic mass is 28.3. The Bertz CT molecular complexity index is 1130. The largest absolute Gasteiger partial charge is 0.444 e. The van der Waals surface area contributed by atoms with Crippen molar-refractivity contribution in [2.45, 2.75) is 122 Å². The molecule has 2 N–H and O–H groups in total.